The van der Waals surface area contributed by atoms with Crippen LogP contribution in [-0.2, 0) is 0 Å². The fourth-order valence-corrected chi connectivity index (χ4v) is 0.825. The van der Waals surface area contributed by atoms with E-state index in [-0.39, 0.29) is 0 Å². The molecule has 2 nitrogen and oxygen atoms in total. The molecule has 1 heterocycles. The molecule has 0 aromatic carbocycles. The molecular formula is C6H5ClF3NO. The Morgan fingerprint density at radius 2 is 2.08 bits per heavy atom. The van der Waals surface area contributed by atoms with Crippen LogP contribution in [0.3, 0.4) is 0 Å². The van der Waals surface area contributed by atoms with Gasteiger partial charge in [0, 0.05) is 6.20 Å². The molecular weight excluding hydrogens is 195 g/mol. The molecule has 12 heavy (non-hydrogen) atoms. The van der Waals surface area contributed by atoms with Gasteiger partial charge in [-0.2, -0.15) is 13.2 Å². The number of nitrogens with zero attached hydrogens (tertiary/aromatic N) is 1. The third-order valence-electron chi connectivity index (χ3n) is 1.29. The molecule has 1 N–H and O–H groups in total. The van der Waals surface area contributed by atoms with Gasteiger partial charge < -0.3 is 0 Å². The van der Waals surface area contributed by atoms with Gasteiger partial charge in [0.15, 0.2) is 0 Å². The van der Waals surface area contributed by atoms with Crippen LogP contribution >= 0.6 is 11.6 Å². The number of hydrogen-bond acceptors (Lipinski definition) is 2. The summed E-state index contributed by atoms with van der Waals surface area (Å²) in [6.45, 7) is 0. The summed E-state index contributed by atoms with van der Waals surface area (Å²) in [5, 5.41) is 9.08. The average molecular weight is 200 g/mol. The highest BCUT2D eigenvalue weighted by Crippen LogP contribution is 2.29. The fraction of sp³-hybridized carbons (Fsp3) is 0.333. The maximum Gasteiger partial charge on any atom is 0.417 e. The fourth-order valence-electron chi connectivity index (χ4n) is 0.696. The number of hydrogen-bond donors (Lipinski definition) is 1. The van der Waals surface area contributed by atoms with Crippen LogP contribution in [0.2, 0.25) is 0 Å². The van der Waals surface area contributed by atoms with E-state index in [0.29, 0.717) is 11.3 Å². The Bertz CT molecular complexity index is 235. The molecule has 1 atom stereocenters. The van der Waals surface area contributed by atoms with Gasteiger partial charge in [-0.05, 0) is 12.2 Å². The Balaban J connectivity index is 2.84. The smallest absolute Gasteiger partial charge is 0.287 e. The van der Waals surface area contributed by atoms with Crippen LogP contribution in [0.25, 0.3) is 0 Å². The van der Waals surface area contributed by atoms with Crippen LogP contribution in [0.15, 0.2) is 23.9 Å². The highest BCUT2D eigenvalue weighted by atomic mass is 35.5. The largest absolute Gasteiger partial charge is 0.417 e. The number of rotatable bonds is 0. The monoisotopic (exact) mass is 199 g/mol. The average Bonchev–Trinajstić information content (AvgIpc) is 1.92. The normalized spacial score (nSPS) is 24.2. The minimum atomic E-state index is -4.45. The van der Waals surface area contributed by atoms with Crippen molar-refractivity contribution in [3.8, 4) is 0 Å². The van der Waals surface area contributed by atoms with Crippen LogP contribution in [-0.4, -0.2) is 21.9 Å². The summed E-state index contributed by atoms with van der Waals surface area (Å²) in [5.74, 6) is 0. The van der Waals surface area contributed by atoms with E-state index in [1.807, 2.05) is 0 Å². The van der Waals surface area contributed by atoms with E-state index in [9.17, 15) is 13.2 Å². The minimum Gasteiger partial charge on any atom is -0.287 e. The second-order valence-electron chi connectivity index (χ2n) is 2.19. The highest BCUT2D eigenvalue weighted by Gasteiger charge is 2.34. The van der Waals surface area contributed by atoms with Crippen LogP contribution in [0.1, 0.15) is 0 Å². The number of hydroxylamine groups is 2. The predicted molar refractivity (Wildman–Crippen MR) is 36.5 cm³/mol. The molecule has 0 saturated carbocycles. The number of allylic oxidation sites excluding steroid dienone is 2. The Morgan fingerprint density at radius 1 is 1.50 bits per heavy atom. The van der Waals surface area contributed by atoms with Crippen molar-refractivity contribution < 1.29 is 18.4 Å². The predicted octanol–water partition coefficient (Wildman–Crippen LogP) is 2.26. The maximum atomic E-state index is 11.9. The first-order valence-corrected chi connectivity index (χ1v) is 3.43. The maximum absolute atomic E-state index is 11.9. The Hall–Kier alpha value is -0.680. The molecule has 0 spiro atoms. The van der Waals surface area contributed by atoms with Crippen molar-refractivity contribution in [1.29, 1.82) is 0 Å². The standard InChI is InChI=1S/C6H5ClF3NO/c7-5-2-1-4(3-11(5)12)6(8,9)10/h1-3,5,12H. The van der Waals surface area contributed by atoms with E-state index in [1.165, 1.54) is 0 Å². The van der Waals surface area contributed by atoms with Gasteiger partial charge in [-0.15, -0.1) is 0 Å². The molecule has 0 aromatic rings. The Morgan fingerprint density at radius 3 is 2.50 bits per heavy atom. The topological polar surface area (TPSA) is 23.5 Å². The molecule has 0 aliphatic carbocycles. The van der Waals surface area contributed by atoms with Crippen LogP contribution in [0, 0.1) is 0 Å². The third-order valence-corrected chi connectivity index (χ3v) is 1.63. The van der Waals surface area contributed by atoms with Gasteiger partial charge in [-0.3, -0.25) is 5.21 Å². The summed E-state index contributed by atoms with van der Waals surface area (Å²) in [7, 11) is 0. The summed E-state index contributed by atoms with van der Waals surface area (Å²) in [4.78, 5) is 0. The summed E-state index contributed by atoms with van der Waals surface area (Å²) in [6, 6.07) is 0. The first kappa shape index (κ1) is 9.41. The van der Waals surface area contributed by atoms with Crippen LogP contribution in [0.5, 0.6) is 0 Å². The molecule has 1 unspecified atom stereocenters. The van der Waals surface area contributed by atoms with Crippen molar-refractivity contribution in [2.75, 3.05) is 0 Å². The van der Waals surface area contributed by atoms with Crippen LogP contribution < -0.4 is 0 Å². The Kier molecular flexibility index (Phi) is 2.34. The van der Waals surface area contributed by atoms with E-state index in [0.717, 1.165) is 12.2 Å². The van der Waals surface area contributed by atoms with E-state index < -0.39 is 17.3 Å². The second kappa shape index (κ2) is 2.99. The second-order valence-corrected chi connectivity index (χ2v) is 2.64. The van der Waals surface area contributed by atoms with E-state index in [4.69, 9.17) is 16.8 Å². The van der Waals surface area contributed by atoms with Crippen molar-refractivity contribution in [3.05, 3.63) is 23.9 Å². The van der Waals surface area contributed by atoms with Crippen molar-refractivity contribution in [3.63, 3.8) is 0 Å². The summed E-state index contributed by atoms with van der Waals surface area (Å²) in [6.07, 6.45) is -2.04. The minimum absolute atomic E-state index is 0.296. The zero-order valence-electron chi connectivity index (χ0n) is 5.72. The summed E-state index contributed by atoms with van der Waals surface area (Å²) in [5.41, 5.74) is -1.86. The molecule has 0 radical (unpaired) electrons. The molecule has 0 fully saturated rings. The van der Waals surface area contributed by atoms with E-state index >= 15 is 0 Å². The van der Waals surface area contributed by atoms with Crippen LogP contribution in [0.4, 0.5) is 13.2 Å². The van der Waals surface area contributed by atoms with Crippen molar-refractivity contribution in [2.45, 2.75) is 11.7 Å². The molecule has 1 aliphatic rings. The molecule has 1 aliphatic heterocycles. The molecule has 0 saturated heterocycles. The zero-order valence-corrected chi connectivity index (χ0v) is 6.47. The number of alkyl halides is 4. The highest BCUT2D eigenvalue weighted by molar-refractivity contribution is 6.21. The number of halogens is 4. The molecule has 0 aromatic heterocycles. The van der Waals surface area contributed by atoms with Gasteiger partial charge in [0.25, 0.3) is 0 Å². The molecule has 0 amide bonds. The Labute approximate surface area is 71.5 Å². The van der Waals surface area contributed by atoms with Crippen molar-refractivity contribution in [1.82, 2.24) is 5.06 Å². The van der Waals surface area contributed by atoms with E-state index in [2.05, 4.69) is 0 Å². The summed E-state index contributed by atoms with van der Waals surface area (Å²) < 4.78 is 35.8. The lowest BCUT2D eigenvalue weighted by molar-refractivity contribution is -0.0985. The van der Waals surface area contributed by atoms with Crippen molar-refractivity contribution in [2.24, 2.45) is 0 Å². The first-order valence-electron chi connectivity index (χ1n) is 3.00. The first-order chi connectivity index (χ1) is 5.41. The van der Waals surface area contributed by atoms with Gasteiger partial charge >= 0.3 is 6.18 Å². The van der Waals surface area contributed by atoms with Gasteiger partial charge in [-0.1, -0.05) is 11.6 Å². The SMILES string of the molecule is ON1C=C(C(F)(F)F)C=CC1Cl. The van der Waals surface area contributed by atoms with Crippen molar-refractivity contribution >= 4 is 11.6 Å². The zero-order chi connectivity index (χ0) is 9.35. The van der Waals surface area contributed by atoms with Gasteiger partial charge in [0.05, 0.1) is 5.57 Å². The molecule has 6 heteroatoms. The molecule has 68 valence electrons. The van der Waals surface area contributed by atoms with E-state index in [1.54, 1.807) is 0 Å². The van der Waals surface area contributed by atoms with Gasteiger partial charge in [0.1, 0.15) is 5.50 Å². The quantitative estimate of drug-likeness (QED) is 0.478. The molecule has 1 rings (SSSR count). The summed E-state index contributed by atoms with van der Waals surface area (Å²) >= 11 is 5.36. The van der Waals surface area contributed by atoms with Gasteiger partial charge in [0.2, 0.25) is 0 Å². The molecule has 0 bridgehead atoms. The van der Waals surface area contributed by atoms with Gasteiger partial charge in [-0.25, -0.2) is 5.06 Å². The lowest BCUT2D eigenvalue weighted by Gasteiger charge is -2.21. The lowest BCUT2D eigenvalue weighted by atomic mass is 10.2. The third kappa shape index (κ3) is 1.92. The lowest BCUT2D eigenvalue weighted by Crippen LogP contribution is -2.26.